The van der Waals surface area contributed by atoms with Crippen LogP contribution in [0.3, 0.4) is 0 Å². The molecule has 1 amide bonds. The highest BCUT2D eigenvalue weighted by atomic mass is 79.9. The van der Waals surface area contributed by atoms with Crippen molar-refractivity contribution in [3.8, 4) is 0 Å². The van der Waals surface area contributed by atoms with E-state index in [1.807, 2.05) is 6.07 Å². The highest BCUT2D eigenvalue weighted by Crippen LogP contribution is 2.16. The number of nitrogens with one attached hydrogen (secondary N) is 2. The Labute approximate surface area is 176 Å². The number of amides is 1. The molecule has 0 aliphatic carbocycles. The van der Waals surface area contributed by atoms with Crippen LogP contribution in [0.1, 0.15) is 12.0 Å². The fraction of sp³-hybridized carbons (Fsp3) is 0.211. The van der Waals surface area contributed by atoms with Crippen molar-refractivity contribution in [3.05, 3.63) is 69.2 Å². The van der Waals surface area contributed by atoms with Crippen LogP contribution in [0, 0.1) is 0 Å². The fourth-order valence-corrected chi connectivity index (χ4v) is 3.73. The molecule has 0 saturated carbocycles. The summed E-state index contributed by atoms with van der Waals surface area (Å²) in [6, 6.07) is 12.1. The van der Waals surface area contributed by atoms with E-state index in [0.29, 0.717) is 22.2 Å². The van der Waals surface area contributed by atoms with E-state index in [9.17, 15) is 18.0 Å². The van der Waals surface area contributed by atoms with E-state index in [0.717, 1.165) is 10.7 Å². The van der Waals surface area contributed by atoms with Crippen LogP contribution in [0.15, 0.2) is 58.1 Å². The zero-order chi connectivity index (χ0) is 21.0. The highest BCUT2D eigenvalue weighted by Gasteiger charge is 2.10. The van der Waals surface area contributed by atoms with Gasteiger partial charge in [-0.2, -0.15) is 0 Å². The third kappa shape index (κ3) is 5.64. The van der Waals surface area contributed by atoms with Crippen molar-refractivity contribution in [3.63, 3.8) is 0 Å². The zero-order valence-electron chi connectivity index (χ0n) is 15.6. The summed E-state index contributed by atoms with van der Waals surface area (Å²) < 4.78 is 27.5. The van der Waals surface area contributed by atoms with E-state index in [1.54, 1.807) is 36.4 Å². The minimum absolute atomic E-state index is 0.0861. The van der Waals surface area contributed by atoms with Crippen molar-refractivity contribution in [2.75, 3.05) is 11.0 Å². The average Bonchev–Trinajstić information content (AvgIpc) is 2.66. The Morgan fingerprint density at radius 2 is 1.97 bits per heavy atom. The molecule has 0 fully saturated rings. The highest BCUT2D eigenvalue weighted by molar-refractivity contribution is 9.10. The van der Waals surface area contributed by atoms with Gasteiger partial charge in [0.15, 0.2) is 0 Å². The van der Waals surface area contributed by atoms with Gasteiger partial charge in [0.1, 0.15) is 0 Å². The van der Waals surface area contributed by atoms with Gasteiger partial charge in [0.05, 0.1) is 29.2 Å². The molecule has 0 spiro atoms. The Bertz CT molecular complexity index is 1220. The van der Waals surface area contributed by atoms with Gasteiger partial charge in [-0.3, -0.25) is 18.9 Å². The zero-order valence-corrected chi connectivity index (χ0v) is 18.0. The summed E-state index contributed by atoms with van der Waals surface area (Å²) in [5.74, 6) is -0.264. The van der Waals surface area contributed by atoms with E-state index in [4.69, 9.17) is 0 Å². The minimum atomic E-state index is -3.42. The van der Waals surface area contributed by atoms with Crippen LogP contribution in [0.5, 0.6) is 0 Å². The first-order valence-electron chi connectivity index (χ1n) is 8.70. The number of hydrogen-bond acceptors (Lipinski definition) is 5. The standard InChI is InChI=1S/C19H19BrN4O4S/c1-29(27,28)23-16-5-3-2-4-13(16)11-21-18(25)8-9-24-12-22-17-7-6-14(20)10-15(17)19(24)26/h2-7,10,12,23H,8-9,11H2,1H3,(H,21,25). The predicted molar refractivity (Wildman–Crippen MR) is 115 cm³/mol. The molecular formula is C19H19BrN4O4S. The quantitative estimate of drug-likeness (QED) is 0.540. The maximum atomic E-state index is 12.6. The molecule has 0 bridgehead atoms. The number of aryl methyl sites for hydroxylation is 1. The Kier molecular flexibility index (Phi) is 6.33. The predicted octanol–water partition coefficient (Wildman–Crippen LogP) is 2.24. The lowest BCUT2D eigenvalue weighted by molar-refractivity contribution is -0.121. The van der Waals surface area contributed by atoms with Crippen molar-refractivity contribution in [2.24, 2.45) is 0 Å². The van der Waals surface area contributed by atoms with Gasteiger partial charge in [0.25, 0.3) is 5.56 Å². The summed E-state index contributed by atoms with van der Waals surface area (Å²) in [5.41, 5.74) is 1.43. The van der Waals surface area contributed by atoms with Crippen LogP contribution < -0.4 is 15.6 Å². The Morgan fingerprint density at radius 3 is 2.72 bits per heavy atom. The summed E-state index contributed by atoms with van der Waals surface area (Å²) >= 11 is 3.34. The van der Waals surface area contributed by atoms with Gasteiger partial charge in [-0.05, 0) is 29.8 Å². The number of hydrogen-bond donors (Lipinski definition) is 2. The number of nitrogens with zero attached hydrogens (tertiary/aromatic N) is 2. The molecule has 2 aromatic carbocycles. The van der Waals surface area contributed by atoms with Crippen molar-refractivity contribution in [1.82, 2.24) is 14.9 Å². The summed E-state index contributed by atoms with van der Waals surface area (Å²) in [4.78, 5) is 29.0. The van der Waals surface area contributed by atoms with Crippen LogP contribution in [0.4, 0.5) is 5.69 Å². The van der Waals surface area contributed by atoms with Gasteiger partial charge in [-0.1, -0.05) is 34.1 Å². The Morgan fingerprint density at radius 1 is 1.21 bits per heavy atom. The van der Waals surface area contributed by atoms with Crippen molar-refractivity contribution in [2.45, 2.75) is 19.5 Å². The lowest BCUT2D eigenvalue weighted by Crippen LogP contribution is -2.27. The van der Waals surface area contributed by atoms with Crippen LogP contribution >= 0.6 is 15.9 Å². The minimum Gasteiger partial charge on any atom is -0.352 e. The first-order valence-corrected chi connectivity index (χ1v) is 11.4. The number of carbonyl (C=O) groups excluding carboxylic acids is 1. The second-order valence-corrected chi connectivity index (χ2v) is 9.13. The van der Waals surface area contributed by atoms with Gasteiger partial charge in [0, 0.05) is 24.0 Å². The van der Waals surface area contributed by atoms with E-state index in [-0.39, 0.29) is 31.0 Å². The largest absolute Gasteiger partial charge is 0.352 e. The molecule has 0 unspecified atom stereocenters. The molecule has 152 valence electrons. The van der Waals surface area contributed by atoms with Gasteiger partial charge in [-0.25, -0.2) is 13.4 Å². The molecule has 0 aliphatic rings. The number of halogens is 1. The normalized spacial score (nSPS) is 11.4. The lowest BCUT2D eigenvalue weighted by atomic mass is 10.2. The van der Waals surface area contributed by atoms with Crippen LogP contribution in [0.2, 0.25) is 0 Å². The third-order valence-corrected chi connectivity index (χ3v) is 5.24. The first-order chi connectivity index (χ1) is 13.7. The van der Waals surface area contributed by atoms with Gasteiger partial charge in [-0.15, -0.1) is 0 Å². The molecule has 1 aromatic heterocycles. The molecule has 0 radical (unpaired) electrons. The molecule has 2 N–H and O–H groups in total. The van der Waals surface area contributed by atoms with Crippen molar-refractivity contribution < 1.29 is 13.2 Å². The summed E-state index contributed by atoms with van der Waals surface area (Å²) in [6.45, 7) is 0.346. The molecule has 1 heterocycles. The smallest absolute Gasteiger partial charge is 0.261 e. The number of rotatable bonds is 7. The maximum Gasteiger partial charge on any atom is 0.261 e. The molecule has 3 aromatic rings. The van der Waals surface area contributed by atoms with Gasteiger partial charge >= 0.3 is 0 Å². The number of sulfonamides is 1. The number of para-hydroxylation sites is 1. The Balaban J connectivity index is 1.64. The maximum absolute atomic E-state index is 12.6. The number of anilines is 1. The summed E-state index contributed by atoms with van der Waals surface area (Å²) in [6.07, 6.45) is 2.58. The molecule has 3 rings (SSSR count). The van der Waals surface area contributed by atoms with Crippen LogP contribution in [0.25, 0.3) is 10.9 Å². The molecule has 10 heteroatoms. The number of carbonyl (C=O) groups is 1. The van der Waals surface area contributed by atoms with Gasteiger partial charge in [0.2, 0.25) is 15.9 Å². The Hall–Kier alpha value is -2.72. The van der Waals surface area contributed by atoms with Crippen LogP contribution in [-0.4, -0.2) is 30.1 Å². The molecule has 0 saturated heterocycles. The fourth-order valence-electron chi connectivity index (χ4n) is 2.77. The lowest BCUT2D eigenvalue weighted by Gasteiger charge is -2.12. The summed E-state index contributed by atoms with van der Waals surface area (Å²) in [7, 11) is -3.42. The van der Waals surface area contributed by atoms with Gasteiger partial charge < -0.3 is 5.32 Å². The number of fused-ring (bicyclic) bond motifs is 1. The third-order valence-electron chi connectivity index (χ3n) is 4.15. The molecule has 29 heavy (non-hydrogen) atoms. The SMILES string of the molecule is CS(=O)(=O)Nc1ccccc1CNC(=O)CCn1cnc2ccc(Br)cc2c1=O. The molecule has 0 aliphatic heterocycles. The number of aromatic nitrogens is 2. The van der Waals surface area contributed by atoms with E-state index < -0.39 is 10.0 Å². The van der Waals surface area contributed by atoms with E-state index >= 15 is 0 Å². The van der Waals surface area contributed by atoms with Crippen molar-refractivity contribution >= 4 is 48.5 Å². The first kappa shape index (κ1) is 21.0. The number of benzene rings is 2. The van der Waals surface area contributed by atoms with Crippen molar-refractivity contribution in [1.29, 1.82) is 0 Å². The molecule has 0 atom stereocenters. The average molecular weight is 479 g/mol. The summed E-state index contributed by atoms with van der Waals surface area (Å²) in [5, 5.41) is 3.22. The second-order valence-electron chi connectivity index (χ2n) is 6.46. The van der Waals surface area contributed by atoms with Crippen LogP contribution in [-0.2, 0) is 27.9 Å². The monoisotopic (exact) mass is 478 g/mol. The second kappa shape index (κ2) is 8.75. The molecule has 8 nitrogen and oxygen atoms in total. The molecular weight excluding hydrogens is 460 g/mol. The van der Waals surface area contributed by atoms with E-state index in [2.05, 4.69) is 31.0 Å². The topological polar surface area (TPSA) is 110 Å². The van der Waals surface area contributed by atoms with E-state index in [1.165, 1.54) is 10.9 Å².